The fourth-order valence-electron chi connectivity index (χ4n) is 4.51. The summed E-state index contributed by atoms with van der Waals surface area (Å²) in [5.74, 6) is 4.35. The number of rotatable bonds is 15. The van der Waals surface area contributed by atoms with Crippen LogP contribution in [0.25, 0.3) is 0 Å². The average Bonchev–Trinajstić information content (AvgIpc) is 3.00. The molecule has 0 bridgehead atoms. The van der Waals surface area contributed by atoms with Crippen molar-refractivity contribution in [3.8, 4) is 11.8 Å². The Balaban J connectivity index is 2.04. The number of ether oxygens (including phenoxy) is 2. The maximum Gasteiger partial charge on any atom is 0.320 e. The van der Waals surface area contributed by atoms with Crippen molar-refractivity contribution in [3.05, 3.63) is 43.3 Å². The van der Waals surface area contributed by atoms with E-state index in [1.54, 1.807) is 0 Å². The van der Waals surface area contributed by atoms with Crippen LogP contribution >= 0.6 is 0 Å². The minimum atomic E-state index is -3.47. The van der Waals surface area contributed by atoms with Crippen molar-refractivity contribution >= 4 is 27.7 Å². The number of carboxylic acid groups (broad SMARTS) is 1. The Labute approximate surface area is 272 Å². The van der Waals surface area contributed by atoms with Gasteiger partial charge in [-0.15, -0.1) is 0 Å². The van der Waals surface area contributed by atoms with Gasteiger partial charge in [0.05, 0.1) is 25.2 Å². The number of nitrogens with zero attached hydrogens (tertiary/aromatic N) is 6. The number of carbonyl (C=O) groups excluding carboxylic acids is 2. The van der Waals surface area contributed by atoms with E-state index < -0.39 is 21.8 Å². The molecule has 1 aromatic heterocycles. The van der Waals surface area contributed by atoms with Gasteiger partial charge in [-0.1, -0.05) is 37.2 Å². The lowest BCUT2D eigenvalue weighted by molar-refractivity contribution is -0.145. The lowest BCUT2D eigenvalue weighted by Crippen LogP contribution is -2.48. The third-order valence-electron chi connectivity index (χ3n) is 6.94. The number of carboxylic acids is 1. The number of esters is 2. The number of hydrogen-bond acceptors (Lipinski definition) is 13. The third kappa shape index (κ3) is 16.6. The molecular weight excluding hydrogens is 616 g/mol. The summed E-state index contributed by atoms with van der Waals surface area (Å²) in [5, 5.41) is 9.27. The van der Waals surface area contributed by atoms with Gasteiger partial charge in [0.15, 0.2) is 0 Å². The molecule has 1 aliphatic heterocycles. The van der Waals surface area contributed by atoms with E-state index in [4.69, 9.17) is 9.47 Å². The molecule has 15 heteroatoms. The summed E-state index contributed by atoms with van der Waals surface area (Å²) < 4.78 is 33.4. The van der Waals surface area contributed by atoms with Crippen LogP contribution in [-0.2, 0) is 33.7 Å². The van der Waals surface area contributed by atoms with Crippen molar-refractivity contribution in [2.75, 3.05) is 98.0 Å². The van der Waals surface area contributed by atoms with E-state index in [0.29, 0.717) is 64.3 Å². The Morgan fingerprint density at radius 2 is 1.28 bits per heavy atom. The van der Waals surface area contributed by atoms with Crippen LogP contribution < -0.4 is 0 Å². The number of aliphatic carboxylic acids is 1. The topological polar surface area (TPSA) is 163 Å². The number of sulfone groups is 1. The van der Waals surface area contributed by atoms with Crippen molar-refractivity contribution in [2.24, 2.45) is 0 Å². The van der Waals surface area contributed by atoms with E-state index >= 15 is 0 Å². The number of aromatic nitrogens is 2. The molecule has 1 saturated heterocycles. The molecule has 0 amide bonds. The van der Waals surface area contributed by atoms with Crippen molar-refractivity contribution in [2.45, 2.75) is 24.4 Å². The number of unbranched alkanes of at least 4 members (excludes halogenated alkanes) is 2. The van der Waals surface area contributed by atoms with E-state index in [-0.39, 0.29) is 44.0 Å². The Morgan fingerprint density at radius 1 is 0.826 bits per heavy atom. The van der Waals surface area contributed by atoms with Crippen molar-refractivity contribution in [3.63, 3.8) is 0 Å². The zero-order valence-electron chi connectivity index (χ0n) is 26.6. The summed E-state index contributed by atoms with van der Waals surface area (Å²) >= 11 is 0. The molecule has 0 saturated carbocycles. The van der Waals surface area contributed by atoms with E-state index in [9.17, 15) is 27.9 Å². The molecule has 1 aromatic rings. The van der Waals surface area contributed by atoms with Gasteiger partial charge in [0, 0.05) is 77.4 Å². The van der Waals surface area contributed by atoms with E-state index in [2.05, 4.69) is 39.9 Å². The Kier molecular flexibility index (Phi) is 17.7. The zero-order valence-corrected chi connectivity index (χ0v) is 27.5. The van der Waals surface area contributed by atoms with Gasteiger partial charge in [0.2, 0.25) is 15.0 Å². The smallest absolute Gasteiger partial charge is 0.320 e. The second-order valence-electron chi connectivity index (χ2n) is 10.8. The molecule has 2 rings (SSSR count). The van der Waals surface area contributed by atoms with Crippen LogP contribution in [0.2, 0.25) is 0 Å². The van der Waals surface area contributed by atoms with E-state index in [1.165, 1.54) is 24.5 Å². The van der Waals surface area contributed by atoms with Gasteiger partial charge in [0.1, 0.15) is 13.2 Å². The number of hydrogen-bond donors (Lipinski definition) is 1. The molecule has 0 radical (unpaired) electrons. The minimum Gasteiger partial charge on any atom is -0.480 e. The molecule has 0 aliphatic carbocycles. The normalized spacial score (nSPS) is 16.2. The van der Waals surface area contributed by atoms with E-state index in [1.807, 2.05) is 14.7 Å². The van der Waals surface area contributed by atoms with Gasteiger partial charge >= 0.3 is 17.9 Å². The second kappa shape index (κ2) is 21.2. The molecule has 14 nitrogen and oxygen atoms in total. The van der Waals surface area contributed by atoms with Crippen LogP contribution in [0.1, 0.15) is 24.8 Å². The predicted octanol–water partition coefficient (Wildman–Crippen LogP) is 0.167. The van der Waals surface area contributed by atoms with Gasteiger partial charge in [-0.2, -0.15) is 0 Å². The van der Waals surface area contributed by atoms with Crippen LogP contribution in [0.5, 0.6) is 0 Å². The molecule has 1 aliphatic rings. The lowest BCUT2D eigenvalue weighted by Gasteiger charge is -2.33. The molecule has 46 heavy (non-hydrogen) atoms. The van der Waals surface area contributed by atoms with Crippen LogP contribution in [0.4, 0.5) is 0 Å². The number of carbonyl (C=O) groups is 3. The highest BCUT2D eigenvalue weighted by atomic mass is 32.2. The van der Waals surface area contributed by atoms with Gasteiger partial charge in [-0.05, 0) is 19.4 Å². The van der Waals surface area contributed by atoms with Crippen LogP contribution in [0.15, 0.2) is 42.9 Å². The monoisotopic (exact) mass is 662 g/mol. The molecule has 0 unspecified atom stereocenters. The van der Waals surface area contributed by atoms with Crippen molar-refractivity contribution in [1.82, 2.24) is 29.6 Å². The predicted molar refractivity (Wildman–Crippen MR) is 172 cm³/mol. The van der Waals surface area contributed by atoms with E-state index in [0.717, 1.165) is 25.6 Å². The third-order valence-corrected chi connectivity index (χ3v) is 7.81. The standard InChI is InChI=1S/C31H46N6O8S/c1-4-20-44-29(40)25-36-15-13-34(11-9-7-6-8-10-27-22-32-31(33-23-27)46(3,42)43)12-14-35(24-28(38)39)16-17-37(19-18-36)26-30(41)45-21-5-2/h4-5,22-23H,1-2,6-7,9,11-21,24-26H2,3H3,(H,38,39). The first-order chi connectivity index (χ1) is 22.0. The Bertz CT molecular complexity index is 1310. The zero-order chi connectivity index (χ0) is 33.8. The van der Waals surface area contributed by atoms with Gasteiger partial charge in [-0.25, -0.2) is 18.4 Å². The first-order valence-electron chi connectivity index (χ1n) is 15.2. The van der Waals surface area contributed by atoms with Crippen molar-refractivity contribution in [1.29, 1.82) is 0 Å². The summed E-state index contributed by atoms with van der Waals surface area (Å²) in [5.41, 5.74) is 0.535. The molecule has 0 atom stereocenters. The highest BCUT2D eigenvalue weighted by Gasteiger charge is 2.21. The molecule has 254 valence electrons. The average molecular weight is 663 g/mol. The molecule has 1 N–H and O–H groups in total. The quantitative estimate of drug-likeness (QED) is 0.0889. The first-order valence-corrected chi connectivity index (χ1v) is 17.0. The van der Waals surface area contributed by atoms with Crippen LogP contribution in [0.3, 0.4) is 0 Å². The summed E-state index contributed by atoms with van der Waals surface area (Å²) in [7, 11) is -3.47. The molecule has 0 spiro atoms. The SMILES string of the molecule is C=CCOC(=O)CN1CCN(CCCCC#Cc2cnc(S(C)(=O)=O)nc2)CCN(CC(=O)O)CCN(CC(=O)OCC=C)CC1. The molecule has 0 aromatic carbocycles. The van der Waals surface area contributed by atoms with Gasteiger partial charge < -0.3 is 19.5 Å². The fourth-order valence-corrected chi connectivity index (χ4v) is 5.00. The largest absolute Gasteiger partial charge is 0.480 e. The Hall–Kier alpha value is -3.68. The Morgan fingerprint density at radius 3 is 1.72 bits per heavy atom. The fraction of sp³-hybridized carbons (Fsp3) is 0.581. The van der Waals surface area contributed by atoms with Gasteiger partial charge in [-0.3, -0.25) is 29.1 Å². The maximum atomic E-state index is 12.5. The van der Waals surface area contributed by atoms with Crippen LogP contribution in [0, 0.1) is 11.8 Å². The lowest BCUT2D eigenvalue weighted by atomic mass is 10.2. The summed E-state index contributed by atoms with van der Waals surface area (Å²) in [6.45, 7) is 12.4. The second-order valence-corrected chi connectivity index (χ2v) is 12.7. The highest BCUT2D eigenvalue weighted by Crippen LogP contribution is 2.06. The summed E-state index contributed by atoms with van der Waals surface area (Å²) in [4.78, 5) is 52.1. The summed E-state index contributed by atoms with van der Waals surface area (Å²) in [6.07, 6.45) is 9.13. The molecule has 1 fully saturated rings. The van der Waals surface area contributed by atoms with Crippen molar-refractivity contribution < 1.29 is 37.4 Å². The van der Waals surface area contributed by atoms with Gasteiger partial charge in [0.25, 0.3) is 0 Å². The first kappa shape index (κ1) is 38.5. The highest BCUT2D eigenvalue weighted by molar-refractivity contribution is 7.90. The summed E-state index contributed by atoms with van der Waals surface area (Å²) in [6, 6.07) is 0. The molecule has 2 heterocycles. The van der Waals surface area contributed by atoms with Crippen LogP contribution in [-0.4, -0.2) is 159 Å². The molecular formula is C31H46N6O8S. The maximum absolute atomic E-state index is 12.5. The minimum absolute atomic E-state index is 0.0392.